The molecule has 2 aliphatic carbocycles. The van der Waals surface area contributed by atoms with E-state index < -0.39 is 0 Å². The highest BCUT2D eigenvalue weighted by atomic mass is 16.2. The van der Waals surface area contributed by atoms with Gasteiger partial charge in [0.05, 0.1) is 0 Å². The van der Waals surface area contributed by atoms with Crippen molar-refractivity contribution in [3.8, 4) is 0 Å². The van der Waals surface area contributed by atoms with Crippen LogP contribution >= 0.6 is 0 Å². The molecule has 0 spiro atoms. The number of likely N-dealkylation sites (N-methyl/N-ethyl adjacent to an activating group) is 1. The zero-order chi connectivity index (χ0) is 14.4. The van der Waals surface area contributed by atoms with Crippen molar-refractivity contribution < 1.29 is 4.79 Å². The van der Waals surface area contributed by atoms with Crippen molar-refractivity contribution in [3.05, 3.63) is 23.8 Å². The van der Waals surface area contributed by atoms with Gasteiger partial charge in [0.1, 0.15) is 6.04 Å². The first-order chi connectivity index (χ1) is 10.3. The lowest BCUT2D eigenvalue weighted by Crippen LogP contribution is -2.28. The van der Waals surface area contributed by atoms with Crippen molar-refractivity contribution >= 4 is 17.3 Å². The minimum Gasteiger partial charge on any atom is -0.368 e. The monoisotopic (exact) mass is 285 g/mol. The summed E-state index contributed by atoms with van der Waals surface area (Å²) in [6.07, 6.45) is 5.40. The number of benzene rings is 1. The Hall–Kier alpha value is -1.55. The number of rotatable bonds is 6. The van der Waals surface area contributed by atoms with Gasteiger partial charge >= 0.3 is 0 Å². The first-order valence-electron chi connectivity index (χ1n) is 8.21. The third kappa shape index (κ3) is 2.53. The van der Waals surface area contributed by atoms with Crippen LogP contribution in [-0.4, -0.2) is 25.0 Å². The second kappa shape index (κ2) is 5.02. The minimum atomic E-state index is -0.183. The molecule has 0 saturated heterocycles. The van der Waals surface area contributed by atoms with Gasteiger partial charge in [0.2, 0.25) is 5.91 Å². The topological polar surface area (TPSA) is 44.4 Å². The quantitative estimate of drug-likeness (QED) is 0.844. The summed E-state index contributed by atoms with van der Waals surface area (Å²) < 4.78 is 0. The number of carbonyl (C=O) groups excluding carboxylic acids is 1. The molecule has 0 bridgehead atoms. The van der Waals surface area contributed by atoms with E-state index in [9.17, 15) is 4.79 Å². The molecule has 1 atom stereocenters. The van der Waals surface area contributed by atoms with Gasteiger partial charge in [-0.05, 0) is 50.3 Å². The lowest BCUT2D eigenvalue weighted by Gasteiger charge is -2.25. The van der Waals surface area contributed by atoms with Crippen LogP contribution in [0, 0.1) is 5.92 Å². The summed E-state index contributed by atoms with van der Waals surface area (Å²) in [5.41, 5.74) is 3.36. The van der Waals surface area contributed by atoms with Gasteiger partial charge in [0.25, 0.3) is 0 Å². The summed E-state index contributed by atoms with van der Waals surface area (Å²) in [5, 5.41) is 6.28. The van der Waals surface area contributed by atoms with Crippen LogP contribution in [-0.2, 0) is 4.79 Å². The van der Waals surface area contributed by atoms with Crippen molar-refractivity contribution in [1.82, 2.24) is 5.32 Å². The summed E-state index contributed by atoms with van der Waals surface area (Å²) in [4.78, 5) is 14.6. The second-order valence-electron chi connectivity index (χ2n) is 6.58. The predicted molar refractivity (Wildman–Crippen MR) is 84.6 cm³/mol. The molecule has 112 valence electrons. The van der Waals surface area contributed by atoms with Crippen molar-refractivity contribution in [2.45, 2.75) is 44.7 Å². The van der Waals surface area contributed by atoms with E-state index in [4.69, 9.17) is 0 Å². The molecule has 1 aromatic rings. The smallest absolute Gasteiger partial charge is 0.246 e. The van der Waals surface area contributed by atoms with E-state index in [1.807, 2.05) is 6.92 Å². The Labute approximate surface area is 125 Å². The molecule has 4 heteroatoms. The molecule has 4 rings (SSSR count). The van der Waals surface area contributed by atoms with Gasteiger partial charge in [-0.2, -0.15) is 0 Å². The lowest BCUT2D eigenvalue weighted by molar-refractivity contribution is -0.117. The highest BCUT2D eigenvalue weighted by molar-refractivity contribution is 6.03. The van der Waals surface area contributed by atoms with Crippen LogP contribution in [0.2, 0.25) is 0 Å². The van der Waals surface area contributed by atoms with Crippen molar-refractivity contribution in [2.24, 2.45) is 5.92 Å². The summed E-state index contributed by atoms with van der Waals surface area (Å²) >= 11 is 0. The number of nitrogens with zero attached hydrogens (tertiary/aromatic N) is 1. The highest BCUT2D eigenvalue weighted by Gasteiger charge is 2.35. The Kier molecular flexibility index (Phi) is 3.14. The summed E-state index contributed by atoms with van der Waals surface area (Å²) in [5.74, 6) is 0.965. The fourth-order valence-electron chi connectivity index (χ4n) is 3.27. The molecule has 2 fully saturated rings. The number of carbonyl (C=O) groups is 1. The fourth-order valence-corrected chi connectivity index (χ4v) is 3.27. The third-order valence-corrected chi connectivity index (χ3v) is 4.75. The third-order valence-electron chi connectivity index (χ3n) is 4.75. The van der Waals surface area contributed by atoms with E-state index in [2.05, 4.69) is 33.7 Å². The van der Waals surface area contributed by atoms with E-state index in [0.29, 0.717) is 0 Å². The van der Waals surface area contributed by atoms with Crippen LogP contribution in [0.3, 0.4) is 0 Å². The van der Waals surface area contributed by atoms with Gasteiger partial charge in [0.15, 0.2) is 0 Å². The Morgan fingerprint density at radius 2 is 2.10 bits per heavy atom. The van der Waals surface area contributed by atoms with E-state index >= 15 is 0 Å². The van der Waals surface area contributed by atoms with Crippen LogP contribution in [0.4, 0.5) is 11.4 Å². The number of hydrogen-bond donors (Lipinski definition) is 2. The van der Waals surface area contributed by atoms with Crippen LogP contribution in [0.5, 0.6) is 0 Å². The molecular formula is C17H23N3O. The molecule has 1 aromatic carbocycles. The van der Waals surface area contributed by atoms with E-state index in [1.54, 1.807) is 0 Å². The molecule has 1 heterocycles. The number of amides is 1. The Bertz CT molecular complexity index is 563. The van der Waals surface area contributed by atoms with Gasteiger partial charge in [-0.1, -0.05) is 13.0 Å². The van der Waals surface area contributed by atoms with Crippen LogP contribution in [0.25, 0.3) is 0 Å². The SMILES string of the molecule is CCNC1C(=O)Nc2cc(N(CC3CC3)C3CC3)ccc21. The molecule has 0 aromatic heterocycles. The molecule has 0 radical (unpaired) electrons. The second-order valence-corrected chi connectivity index (χ2v) is 6.58. The maximum atomic E-state index is 12.0. The standard InChI is InChI=1S/C17H23N3O/c1-2-18-16-14-8-7-13(9-15(14)19-17(16)21)20(12-5-6-12)10-11-3-4-11/h7-9,11-12,16,18H,2-6,10H2,1H3,(H,19,21). The van der Waals surface area contributed by atoms with E-state index in [0.717, 1.165) is 29.8 Å². The number of fused-ring (bicyclic) bond motifs is 1. The molecule has 4 nitrogen and oxygen atoms in total. The summed E-state index contributed by atoms with van der Waals surface area (Å²) in [6.45, 7) is 4.02. The van der Waals surface area contributed by atoms with Gasteiger partial charge in [0, 0.05) is 29.5 Å². The molecular weight excluding hydrogens is 262 g/mol. The van der Waals surface area contributed by atoms with Crippen LogP contribution in [0.1, 0.15) is 44.2 Å². The van der Waals surface area contributed by atoms with Crippen molar-refractivity contribution in [3.63, 3.8) is 0 Å². The molecule has 1 amide bonds. The minimum absolute atomic E-state index is 0.0733. The average molecular weight is 285 g/mol. The Morgan fingerprint density at radius 3 is 2.76 bits per heavy atom. The number of anilines is 2. The molecule has 2 saturated carbocycles. The number of hydrogen-bond acceptors (Lipinski definition) is 3. The van der Waals surface area contributed by atoms with Crippen LogP contribution < -0.4 is 15.5 Å². The lowest BCUT2D eigenvalue weighted by atomic mass is 10.1. The van der Waals surface area contributed by atoms with Gasteiger partial charge < -0.3 is 15.5 Å². The van der Waals surface area contributed by atoms with Gasteiger partial charge in [-0.15, -0.1) is 0 Å². The molecule has 21 heavy (non-hydrogen) atoms. The first-order valence-corrected chi connectivity index (χ1v) is 8.21. The zero-order valence-electron chi connectivity index (χ0n) is 12.6. The first kappa shape index (κ1) is 13.1. The fraction of sp³-hybridized carbons (Fsp3) is 0.588. The van der Waals surface area contributed by atoms with E-state index in [1.165, 1.54) is 37.9 Å². The summed E-state index contributed by atoms with van der Waals surface area (Å²) in [6, 6.07) is 7.04. The molecule has 1 unspecified atom stereocenters. The van der Waals surface area contributed by atoms with E-state index in [-0.39, 0.29) is 11.9 Å². The van der Waals surface area contributed by atoms with Crippen molar-refractivity contribution in [2.75, 3.05) is 23.3 Å². The Morgan fingerprint density at radius 1 is 1.29 bits per heavy atom. The molecule has 3 aliphatic rings. The maximum absolute atomic E-state index is 12.0. The Balaban J connectivity index is 1.60. The van der Waals surface area contributed by atoms with Gasteiger partial charge in [-0.3, -0.25) is 4.79 Å². The maximum Gasteiger partial charge on any atom is 0.246 e. The largest absolute Gasteiger partial charge is 0.368 e. The highest BCUT2D eigenvalue weighted by Crippen LogP contribution is 2.40. The molecule has 1 aliphatic heterocycles. The van der Waals surface area contributed by atoms with Crippen molar-refractivity contribution in [1.29, 1.82) is 0 Å². The zero-order valence-corrected chi connectivity index (χ0v) is 12.6. The summed E-state index contributed by atoms with van der Waals surface area (Å²) in [7, 11) is 0. The molecule has 2 N–H and O–H groups in total. The average Bonchev–Trinajstić information content (AvgIpc) is 3.35. The predicted octanol–water partition coefficient (Wildman–Crippen LogP) is 2.67. The normalized spacial score (nSPS) is 23.9. The van der Waals surface area contributed by atoms with Gasteiger partial charge in [-0.25, -0.2) is 0 Å². The number of nitrogens with one attached hydrogen (secondary N) is 2. The van der Waals surface area contributed by atoms with Crippen LogP contribution in [0.15, 0.2) is 18.2 Å².